The first kappa shape index (κ1) is 32.0. The minimum atomic E-state index is 1.12. The monoisotopic (exact) mass is 735 g/mol. The van der Waals surface area contributed by atoms with Gasteiger partial charge < -0.3 is 4.90 Å². The molecule has 0 unspecified atom stereocenters. The second-order valence-electron chi connectivity index (χ2n) is 14.1. The van der Waals surface area contributed by atoms with E-state index in [4.69, 9.17) is 0 Å². The maximum atomic E-state index is 2.44. The number of hydrogen-bond acceptors (Lipinski definition) is 3. The van der Waals surface area contributed by atoms with Crippen LogP contribution in [0.5, 0.6) is 0 Å². The van der Waals surface area contributed by atoms with Crippen LogP contribution in [-0.2, 0) is 0 Å². The molecule has 0 fully saturated rings. The molecule has 0 radical (unpaired) electrons. The molecule has 0 saturated heterocycles. The third-order valence-corrected chi connectivity index (χ3v) is 13.1. The number of para-hydroxylation sites is 1. The normalized spacial score (nSPS) is 11.6. The van der Waals surface area contributed by atoms with Crippen LogP contribution in [0.4, 0.5) is 17.1 Å². The largest absolute Gasteiger partial charge is 0.310 e. The molecule has 0 atom stereocenters. The lowest BCUT2D eigenvalue weighted by Gasteiger charge is -2.28. The van der Waals surface area contributed by atoms with Gasteiger partial charge in [-0.2, -0.15) is 0 Å². The second-order valence-corrected chi connectivity index (χ2v) is 16.2. The van der Waals surface area contributed by atoms with Gasteiger partial charge in [0.15, 0.2) is 0 Å². The molecule has 0 amide bonds. The minimum absolute atomic E-state index is 1.12. The molecule has 11 rings (SSSR count). The van der Waals surface area contributed by atoms with Crippen molar-refractivity contribution < 1.29 is 0 Å². The third kappa shape index (κ3) is 5.43. The molecule has 0 N–H and O–H groups in total. The Labute approximate surface area is 327 Å². The standard InChI is InChI=1S/C52H33NS2/c1-2-16-40-34(12-1)13-10-20-41(40)36-14-9-15-37(32-36)42-17-3-6-22-47(42)53(39-30-31-45-44-18-4-7-23-48(44)55-51(45)33-39)38-28-26-35(27-29-38)43-21-11-25-50-52(43)46-19-5-8-24-49(46)54-50/h1-33H. The summed E-state index contributed by atoms with van der Waals surface area (Å²) in [6.07, 6.45) is 0. The molecule has 0 aliphatic carbocycles. The third-order valence-electron chi connectivity index (χ3n) is 10.9. The Morgan fingerprint density at radius 3 is 1.75 bits per heavy atom. The highest BCUT2D eigenvalue weighted by molar-refractivity contribution is 7.26. The highest BCUT2D eigenvalue weighted by atomic mass is 32.1. The van der Waals surface area contributed by atoms with Gasteiger partial charge in [0, 0.05) is 57.3 Å². The Hall–Kier alpha value is -6.52. The van der Waals surface area contributed by atoms with E-state index in [-0.39, 0.29) is 0 Å². The summed E-state index contributed by atoms with van der Waals surface area (Å²) in [5.41, 5.74) is 10.7. The van der Waals surface area contributed by atoms with Crippen LogP contribution >= 0.6 is 22.7 Å². The number of benzene rings is 9. The minimum Gasteiger partial charge on any atom is -0.310 e. The predicted molar refractivity (Wildman–Crippen MR) is 241 cm³/mol. The molecule has 0 aliphatic rings. The molecule has 2 aromatic heterocycles. The zero-order valence-corrected chi connectivity index (χ0v) is 31.4. The van der Waals surface area contributed by atoms with E-state index in [9.17, 15) is 0 Å². The summed E-state index contributed by atoms with van der Waals surface area (Å²) in [7, 11) is 0. The zero-order valence-electron chi connectivity index (χ0n) is 29.8. The molecule has 11 aromatic rings. The van der Waals surface area contributed by atoms with E-state index in [2.05, 4.69) is 205 Å². The van der Waals surface area contributed by atoms with E-state index in [0.29, 0.717) is 0 Å². The number of rotatable bonds is 6. The molecular weight excluding hydrogens is 703 g/mol. The van der Waals surface area contributed by atoms with Gasteiger partial charge in [0.2, 0.25) is 0 Å². The maximum absolute atomic E-state index is 2.44. The van der Waals surface area contributed by atoms with Gasteiger partial charge >= 0.3 is 0 Å². The summed E-state index contributed by atoms with van der Waals surface area (Å²) >= 11 is 3.73. The Bertz CT molecular complexity index is 3220. The van der Waals surface area contributed by atoms with E-state index in [1.165, 1.54) is 84.5 Å². The van der Waals surface area contributed by atoms with Gasteiger partial charge in [-0.1, -0.05) is 146 Å². The molecule has 9 aromatic carbocycles. The van der Waals surface area contributed by atoms with Crippen molar-refractivity contribution in [2.45, 2.75) is 0 Å². The first-order chi connectivity index (χ1) is 27.3. The quantitative estimate of drug-likeness (QED) is 0.164. The lowest BCUT2D eigenvalue weighted by Crippen LogP contribution is -2.11. The van der Waals surface area contributed by atoms with Gasteiger partial charge in [0.1, 0.15) is 0 Å². The van der Waals surface area contributed by atoms with Crippen LogP contribution in [0.3, 0.4) is 0 Å². The second kappa shape index (κ2) is 13.1. The van der Waals surface area contributed by atoms with Crippen LogP contribution in [0.2, 0.25) is 0 Å². The summed E-state index contributed by atoms with van der Waals surface area (Å²) in [5.74, 6) is 0. The fraction of sp³-hybridized carbons (Fsp3) is 0. The van der Waals surface area contributed by atoms with Crippen LogP contribution in [0.1, 0.15) is 0 Å². The molecule has 258 valence electrons. The first-order valence-electron chi connectivity index (χ1n) is 18.7. The average molecular weight is 736 g/mol. The average Bonchev–Trinajstić information content (AvgIpc) is 3.82. The van der Waals surface area contributed by atoms with Crippen molar-refractivity contribution in [1.29, 1.82) is 0 Å². The number of hydrogen-bond donors (Lipinski definition) is 0. The van der Waals surface area contributed by atoms with Crippen LogP contribution in [-0.4, -0.2) is 0 Å². The molecule has 3 heteroatoms. The first-order valence-corrected chi connectivity index (χ1v) is 20.3. The van der Waals surface area contributed by atoms with Gasteiger partial charge in [-0.3, -0.25) is 0 Å². The molecular formula is C52H33NS2. The van der Waals surface area contributed by atoms with Crippen molar-refractivity contribution in [2.75, 3.05) is 4.90 Å². The van der Waals surface area contributed by atoms with E-state index in [1.807, 2.05) is 22.7 Å². The topological polar surface area (TPSA) is 3.24 Å². The molecule has 0 aliphatic heterocycles. The van der Waals surface area contributed by atoms with Gasteiger partial charge in [-0.15, -0.1) is 22.7 Å². The van der Waals surface area contributed by atoms with E-state index >= 15 is 0 Å². The fourth-order valence-electron chi connectivity index (χ4n) is 8.33. The molecule has 2 heterocycles. The molecule has 0 bridgehead atoms. The van der Waals surface area contributed by atoms with Gasteiger partial charge in [0.25, 0.3) is 0 Å². The smallest absolute Gasteiger partial charge is 0.0540 e. The van der Waals surface area contributed by atoms with Crippen molar-refractivity contribution in [2.24, 2.45) is 0 Å². The van der Waals surface area contributed by atoms with Crippen molar-refractivity contribution in [1.82, 2.24) is 0 Å². The Kier molecular flexibility index (Phi) is 7.61. The number of fused-ring (bicyclic) bond motifs is 7. The van der Waals surface area contributed by atoms with E-state index in [1.54, 1.807) is 0 Å². The SMILES string of the molecule is c1cc(-c2ccccc2N(c2ccc(-c3cccc4sc5ccccc5c34)cc2)c2ccc3c(c2)sc2ccccc23)cc(-c2cccc3ccccc23)c1. The highest BCUT2D eigenvalue weighted by Crippen LogP contribution is 2.46. The Morgan fingerprint density at radius 2 is 0.873 bits per heavy atom. The number of nitrogens with zero attached hydrogens (tertiary/aromatic N) is 1. The summed E-state index contributed by atoms with van der Waals surface area (Å²) in [6, 6.07) is 73.5. The van der Waals surface area contributed by atoms with Crippen LogP contribution in [0.15, 0.2) is 200 Å². The lowest BCUT2D eigenvalue weighted by molar-refractivity contribution is 1.29. The molecule has 0 saturated carbocycles. The lowest BCUT2D eigenvalue weighted by atomic mass is 9.94. The van der Waals surface area contributed by atoms with E-state index < -0.39 is 0 Å². The maximum Gasteiger partial charge on any atom is 0.0540 e. The van der Waals surface area contributed by atoms with Crippen LogP contribution in [0.25, 0.3) is 84.5 Å². The summed E-state index contributed by atoms with van der Waals surface area (Å²) in [6.45, 7) is 0. The number of thiophene rings is 2. The van der Waals surface area contributed by atoms with Crippen molar-refractivity contribution in [3.8, 4) is 33.4 Å². The highest BCUT2D eigenvalue weighted by Gasteiger charge is 2.20. The van der Waals surface area contributed by atoms with Crippen LogP contribution < -0.4 is 4.90 Å². The fourth-order valence-corrected chi connectivity index (χ4v) is 10.6. The van der Waals surface area contributed by atoms with Gasteiger partial charge in [0.05, 0.1) is 5.69 Å². The Morgan fingerprint density at radius 1 is 0.309 bits per heavy atom. The van der Waals surface area contributed by atoms with Gasteiger partial charge in [-0.25, -0.2) is 0 Å². The van der Waals surface area contributed by atoms with Crippen molar-refractivity contribution in [3.05, 3.63) is 200 Å². The summed E-state index contributed by atoms with van der Waals surface area (Å²) in [4.78, 5) is 2.44. The summed E-state index contributed by atoms with van der Waals surface area (Å²) in [5, 5.41) is 7.78. The Balaban J connectivity index is 1.08. The van der Waals surface area contributed by atoms with Crippen molar-refractivity contribution >= 4 is 90.9 Å². The number of anilines is 3. The van der Waals surface area contributed by atoms with Crippen LogP contribution in [0, 0.1) is 0 Å². The molecule has 55 heavy (non-hydrogen) atoms. The van der Waals surface area contributed by atoms with Gasteiger partial charge in [-0.05, 0) is 93.2 Å². The zero-order chi connectivity index (χ0) is 36.3. The van der Waals surface area contributed by atoms with Crippen molar-refractivity contribution in [3.63, 3.8) is 0 Å². The molecule has 0 spiro atoms. The molecule has 1 nitrogen and oxygen atoms in total. The van der Waals surface area contributed by atoms with E-state index in [0.717, 1.165) is 17.1 Å². The predicted octanol–water partition coefficient (Wildman–Crippen LogP) is 16.0. The summed E-state index contributed by atoms with van der Waals surface area (Å²) < 4.78 is 5.24.